The molecule has 0 aliphatic carbocycles. The number of carbonyl (C=O) groups is 1. The van der Waals surface area contributed by atoms with E-state index in [0.29, 0.717) is 22.6 Å². The quantitative estimate of drug-likeness (QED) is 0.470. The molecule has 1 unspecified atom stereocenters. The minimum atomic E-state index is -0.0279. The van der Waals surface area contributed by atoms with Crippen LogP contribution >= 0.6 is 23.4 Å². The maximum Gasteiger partial charge on any atom is 0.230 e. The molecule has 1 heterocycles. The second-order valence-corrected chi connectivity index (χ2v) is 8.12. The van der Waals surface area contributed by atoms with Crippen molar-refractivity contribution in [3.63, 3.8) is 0 Å². The predicted octanol–water partition coefficient (Wildman–Crippen LogP) is 4.99. The Morgan fingerprint density at radius 2 is 1.97 bits per heavy atom. The zero-order valence-corrected chi connectivity index (χ0v) is 18.8. The average molecular weight is 445 g/mol. The zero-order chi connectivity index (χ0) is 21.5. The molecule has 0 spiro atoms. The zero-order valence-electron chi connectivity index (χ0n) is 17.3. The van der Waals surface area contributed by atoms with E-state index in [9.17, 15) is 4.79 Å². The summed E-state index contributed by atoms with van der Waals surface area (Å²) in [4.78, 5) is 12.2. The summed E-state index contributed by atoms with van der Waals surface area (Å²) >= 11 is 7.54. The van der Waals surface area contributed by atoms with Crippen LogP contribution in [0.3, 0.4) is 0 Å². The average Bonchev–Trinajstić information content (AvgIpc) is 3.17. The number of rotatable bonds is 9. The summed E-state index contributed by atoms with van der Waals surface area (Å²) in [6.45, 7) is 6.58. The molecule has 158 valence electrons. The van der Waals surface area contributed by atoms with E-state index >= 15 is 0 Å². The number of nitrogens with zero attached hydrogens (tertiary/aromatic N) is 3. The molecule has 30 heavy (non-hydrogen) atoms. The van der Waals surface area contributed by atoms with Crippen molar-refractivity contribution in [2.45, 2.75) is 38.4 Å². The molecule has 1 N–H and O–H groups in total. The summed E-state index contributed by atoms with van der Waals surface area (Å²) in [5.41, 5.74) is 1.73. The van der Waals surface area contributed by atoms with Crippen LogP contribution in [0.4, 0.5) is 0 Å². The summed E-state index contributed by atoms with van der Waals surface area (Å²) < 4.78 is 7.48. The molecular formula is C22H25ClN4O2S. The normalized spacial score (nSPS) is 11.9. The second kappa shape index (κ2) is 10.5. The van der Waals surface area contributed by atoms with E-state index in [1.165, 1.54) is 11.8 Å². The lowest BCUT2D eigenvalue weighted by atomic mass is 10.2. The van der Waals surface area contributed by atoms with Gasteiger partial charge in [0.15, 0.2) is 11.0 Å². The first-order chi connectivity index (χ1) is 14.5. The molecule has 0 radical (unpaired) electrons. The fraction of sp³-hybridized carbons (Fsp3) is 0.318. The Hall–Kier alpha value is -2.51. The maximum atomic E-state index is 12.2. The van der Waals surface area contributed by atoms with Crippen LogP contribution in [0, 0.1) is 0 Å². The van der Waals surface area contributed by atoms with Gasteiger partial charge in [0.2, 0.25) is 5.91 Å². The maximum absolute atomic E-state index is 12.2. The monoisotopic (exact) mass is 444 g/mol. The third-order valence-electron chi connectivity index (χ3n) is 4.47. The van der Waals surface area contributed by atoms with Gasteiger partial charge in [-0.15, -0.1) is 10.2 Å². The summed E-state index contributed by atoms with van der Waals surface area (Å²) in [5, 5.41) is 13.0. The lowest BCUT2D eigenvalue weighted by Crippen LogP contribution is -2.33. The number of amides is 1. The van der Waals surface area contributed by atoms with Crippen LogP contribution in [0.5, 0.6) is 5.75 Å². The standard InChI is InChI=1S/C22H25ClN4O2S/c1-4-15(3)24-20(28)14-30-22-26-25-21(16-7-6-8-17(23)13-16)27(22)18-9-11-19(12-10-18)29-5-2/h6-13,15H,4-5,14H2,1-3H3,(H,24,28). The highest BCUT2D eigenvalue weighted by Crippen LogP contribution is 2.30. The van der Waals surface area contributed by atoms with Gasteiger partial charge in [-0.25, -0.2) is 0 Å². The molecule has 3 aromatic rings. The van der Waals surface area contributed by atoms with Crippen molar-refractivity contribution in [3.05, 3.63) is 53.6 Å². The summed E-state index contributed by atoms with van der Waals surface area (Å²) in [6, 6.07) is 15.3. The van der Waals surface area contributed by atoms with E-state index in [-0.39, 0.29) is 17.7 Å². The first-order valence-corrected chi connectivity index (χ1v) is 11.2. The highest BCUT2D eigenvalue weighted by Gasteiger charge is 2.18. The van der Waals surface area contributed by atoms with Crippen LogP contribution in [-0.2, 0) is 4.79 Å². The number of hydrogen-bond acceptors (Lipinski definition) is 5. The van der Waals surface area contributed by atoms with E-state index in [1.807, 2.05) is 73.9 Å². The Bertz CT molecular complexity index is 991. The van der Waals surface area contributed by atoms with Crippen molar-refractivity contribution in [1.29, 1.82) is 0 Å². The first-order valence-electron chi connectivity index (χ1n) is 9.88. The molecule has 3 rings (SSSR count). The number of aromatic nitrogens is 3. The molecule has 0 saturated heterocycles. The van der Waals surface area contributed by atoms with Crippen molar-refractivity contribution >= 4 is 29.3 Å². The van der Waals surface area contributed by atoms with Gasteiger partial charge >= 0.3 is 0 Å². The first kappa shape index (κ1) is 22.2. The molecule has 8 heteroatoms. The molecule has 0 aliphatic heterocycles. The summed E-state index contributed by atoms with van der Waals surface area (Å²) in [6.07, 6.45) is 0.887. The molecular weight excluding hydrogens is 420 g/mol. The van der Waals surface area contributed by atoms with Gasteiger partial charge in [-0.05, 0) is 56.7 Å². The number of hydrogen-bond donors (Lipinski definition) is 1. The molecule has 0 saturated carbocycles. The van der Waals surface area contributed by atoms with Crippen LogP contribution in [0.1, 0.15) is 27.2 Å². The van der Waals surface area contributed by atoms with Crippen molar-refractivity contribution in [2.24, 2.45) is 0 Å². The second-order valence-electron chi connectivity index (χ2n) is 6.74. The number of benzene rings is 2. The highest BCUT2D eigenvalue weighted by molar-refractivity contribution is 7.99. The van der Waals surface area contributed by atoms with Gasteiger partial charge in [0.05, 0.1) is 12.4 Å². The largest absolute Gasteiger partial charge is 0.494 e. The number of nitrogens with one attached hydrogen (secondary N) is 1. The lowest BCUT2D eigenvalue weighted by Gasteiger charge is -2.13. The van der Waals surface area contributed by atoms with E-state index in [1.54, 1.807) is 0 Å². The Morgan fingerprint density at radius 3 is 2.63 bits per heavy atom. The third-order valence-corrected chi connectivity index (χ3v) is 5.64. The molecule has 0 aliphatic rings. The summed E-state index contributed by atoms with van der Waals surface area (Å²) in [5.74, 6) is 1.68. The van der Waals surface area contributed by atoms with Crippen LogP contribution in [-0.4, -0.2) is 39.1 Å². The Labute approximate surface area is 186 Å². The smallest absolute Gasteiger partial charge is 0.230 e. The van der Waals surface area contributed by atoms with Crippen LogP contribution < -0.4 is 10.1 Å². The minimum Gasteiger partial charge on any atom is -0.494 e. The molecule has 6 nitrogen and oxygen atoms in total. The fourth-order valence-corrected chi connectivity index (χ4v) is 3.77. The Balaban J connectivity index is 1.93. The Kier molecular flexibility index (Phi) is 7.76. The van der Waals surface area contributed by atoms with Gasteiger partial charge in [0.1, 0.15) is 5.75 Å². The molecule has 0 bridgehead atoms. The van der Waals surface area contributed by atoms with E-state index in [4.69, 9.17) is 16.3 Å². The van der Waals surface area contributed by atoms with Gasteiger partial charge in [-0.1, -0.05) is 42.4 Å². The van der Waals surface area contributed by atoms with E-state index in [2.05, 4.69) is 15.5 Å². The third kappa shape index (κ3) is 5.55. The molecule has 0 fully saturated rings. The van der Waals surface area contributed by atoms with Crippen LogP contribution in [0.15, 0.2) is 53.7 Å². The number of thioether (sulfide) groups is 1. The minimum absolute atomic E-state index is 0.0279. The predicted molar refractivity (Wildman–Crippen MR) is 122 cm³/mol. The van der Waals surface area contributed by atoms with Crippen molar-refractivity contribution < 1.29 is 9.53 Å². The molecule has 1 amide bonds. The van der Waals surface area contributed by atoms with E-state index < -0.39 is 0 Å². The van der Waals surface area contributed by atoms with E-state index in [0.717, 1.165) is 23.4 Å². The van der Waals surface area contributed by atoms with Crippen LogP contribution in [0.25, 0.3) is 17.1 Å². The number of halogens is 1. The molecule has 1 atom stereocenters. The van der Waals surface area contributed by atoms with Crippen molar-refractivity contribution in [1.82, 2.24) is 20.1 Å². The van der Waals surface area contributed by atoms with Gasteiger partial charge in [0, 0.05) is 22.3 Å². The van der Waals surface area contributed by atoms with Gasteiger partial charge in [0.25, 0.3) is 0 Å². The SMILES string of the molecule is CCOc1ccc(-n2c(SCC(=O)NC(C)CC)nnc2-c2cccc(Cl)c2)cc1. The van der Waals surface area contributed by atoms with Gasteiger partial charge < -0.3 is 10.1 Å². The van der Waals surface area contributed by atoms with Crippen molar-refractivity contribution in [2.75, 3.05) is 12.4 Å². The fourth-order valence-electron chi connectivity index (χ4n) is 2.82. The van der Waals surface area contributed by atoms with Gasteiger partial charge in [-0.3, -0.25) is 9.36 Å². The summed E-state index contributed by atoms with van der Waals surface area (Å²) in [7, 11) is 0. The lowest BCUT2D eigenvalue weighted by molar-refractivity contribution is -0.119. The number of carbonyl (C=O) groups excluding carboxylic acids is 1. The molecule has 2 aromatic carbocycles. The number of ether oxygens (including phenoxy) is 1. The Morgan fingerprint density at radius 1 is 1.20 bits per heavy atom. The van der Waals surface area contributed by atoms with Crippen molar-refractivity contribution in [3.8, 4) is 22.8 Å². The molecule has 1 aromatic heterocycles. The highest BCUT2D eigenvalue weighted by atomic mass is 35.5. The van der Waals surface area contributed by atoms with Gasteiger partial charge in [-0.2, -0.15) is 0 Å². The topological polar surface area (TPSA) is 69.0 Å². The van der Waals surface area contributed by atoms with Crippen LogP contribution in [0.2, 0.25) is 5.02 Å².